The standard InChI is InChI=1S/C10H8BrF3O.CHClO2/c11-8-5-7(6-1-2-6)3-4-9(8)15-10(12,13)14;2-1(3)4/h3-6H,1-2H2;(H,3,4). The first kappa shape index (κ1) is 16.1. The summed E-state index contributed by atoms with van der Waals surface area (Å²) in [6.07, 6.45) is -2.40. The van der Waals surface area contributed by atoms with E-state index in [0.717, 1.165) is 18.4 Å². The first-order chi connectivity index (χ1) is 8.69. The molecule has 0 saturated heterocycles. The maximum absolute atomic E-state index is 11.9. The van der Waals surface area contributed by atoms with Crippen molar-refractivity contribution in [1.82, 2.24) is 0 Å². The van der Waals surface area contributed by atoms with Crippen molar-refractivity contribution in [2.45, 2.75) is 25.1 Å². The number of hydrogen-bond donors (Lipinski definition) is 1. The number of rotatable bonds is 2. The zero-order valence-corrected chi connectivity index (χ0v) is 11.7. The van der Waals surface area contributed by atoms with E-state index in [1.165, 1.54) is 6.07 Å². The fourth-order valence-electron chi connectivity index (χ4n) is 1.40. The Kier molecular flexibility index (Phi) is 5.49. The molecule has 0 unspecified atom stereocenters. The van der Waals surface area contributed by atoms with Crippen LogP contribution in [-0.2, 0) is 0 Å². The lowest BCUT2D eigenvalue weighted by Crippen LogP contribution is -2.17. The Morgan fingerprint density at radius 3 is 2.32 bits per heavy atom. The third-order valence-electron chi connectivity index (χ3n) is 2.23. The Morgan fingerprint density at radius 2 is 1.95 bits per heavy atom. The maximum Gasteiger partial charge on any atom is 0.573 e. The summed E-state index contributed by atoms with van der Waals surface area (Å²) in [4.78, 5) is 8.77. The number of carbonyl (C=O) groups is 1. The van der Waals surface area contributed by atoms with E-state index in [0.29, 0.717) is 10.4 Å². The number of ether oxygens (including phenoxy) is 1. The van der Waals surface area contributed by atoms with Crippen LogP contribution in [0.4, 0.5) is 18.0 Å². The molecule has 1 saturated carbocycles. The Hall–Kier alpha value is -0.950. The van der Waals surface area contributed by atoms with Gasteiger partial charge in [0.25, 0.3) is 0 Å². The monoisotopic (exact) mass is 360 g/mol. The van der Waals surface area contributed by atoms with Gasteiger partial charge in [0.15, 0.2) is 0 Å². The highest BCUT2D eigenvalue weighted by Gasteiger charge is 2.32. The molecule has 0 aliphatic heterocycles. The number of halogens is 5. The van der Waals surface area contributed by atoms with Crippen LogP contribution in [0.25, 0.3) is 0 Å². The van der Waals surface area contributed by atoms with E-state index < -0.39 is 11.8 Å². The lowest BCUT2D eigenvalue weighted by molar-refractivity contribution is -0.274. The minimum atomic E-state index is -4.64. The van der Waals surface area contributed by atoms with Gasteiger partial charge in [0.05, 0.1) is 4.47 Å². The lowest BCUT2D eigenvalue weighted by Gasteiger charge is -2.11. The van der Waals surface area contributed by atoms with Crippen molar-refractivity contribution in [3.63, 3.8) is 0 Å². The molecule has 1 aromatic carbocycles. The zero-order valence-electron chi connectivity index (χ0n) is 9.38. The summed E-state index contributed by atoms with van der Waals surface area (Å²) in [6.45, 7) is 0. The average molecular weight is 362 g/mol. The second-order valence-electron chi connectivity index (χ2n) is 3.76. The van der Waals surface area contributed by atoms with E-state index in [-0.39, 0.29) is 5.75 Å². The smallest absolute Gasteiger partial charge is 0.469 e. The van der Waals surface area contributed by atoms with Crippen LogP contribution in [0.15, 0.2) is 22.7 Å². The molecule has 2 rings (SSSR count). The van der Waals surface area contributed by atoms with Crippen LogP contribution in [0.3, 0.4) is 0 Å². The summed E-state index contributed by atoms with van der Waals surface area (Å²) in [5.41, 5.74) is -0.295. The predicted octanol–water partition coefficient (Wildman–Crippen LogP) is 5.13. The fraction of sp³-hybridized carbons (Fsp3) is 0.364. The SMILES string of the molecule is FC(F)(F)Oc1ccc(C2CC2)cc1Br.O=C(O)Cl. The van der Waals surface area contributed by atoms with Crippen LogP contribution in [0.2, 0.25) is 0 Å². The molecule has 1 aliphatic rings. The van der Waals surface area contributed by atoms with Gasteiger partial charge in [0, 0.05) is 11.6 Å². The van der Waals surface area contributed by atoms with Gasteiger partial charge in [0.2, 0.25) is 0 Å². The Balaban J connectivity index is 0.000000399. The fourth-order valence-corrected chi connectivity index (χ4v) is 1.87. The molecule has 0 heterocycles. The van der Waals surface area contributed by atoms with Crippen LogP contribution in [0, 0.1) is 0 Å². The van der Waals surface area contributed by atoms with Gasteiger partial charge in [-0.25, -0.2) is 4.79 Å². The predicted molar refractivity (Wildman–Crippen MR) is 66.7 cm³/mol. The van der Waals surface area contributed by atoms with Gasteiger partial charge < -0.3 is 9.84 Å². The van der Waals surface area contributed by atoms with Gasteiger partial charge in [-0.3, -0.25) is 0 Å². The molecule has 1 aromatic rings. The lowest BCUT2D eigenvalue weighted by atomic mass is 10.1. The number of alkyl halides is 3. The quantitative estimate of drug-likeness (QED) is 0.743. The third kappa shape index (κ3) is 6.68. The molecule has 0 aromatic heterocycles. The van der Waals surface area contributed by atoms with Crippen molar-refractivity contribution < 1.29 is 27.8 Å². The summed E-state index contributed by atoms with van der Waals surface area (Å²) in [5, 5.41) is 7.18. The van der Waals surface area contributed by atoms with Crippen molar-refractivity contribution in [1.29, 1.82) is 0 Å². The molecule has 0 atom stereocenters. The second kappa shape index (κ2) is 6.47. The minimum Gasteiger partial charge on any atom is -0.469 e. The van der Waals surface area contributed by atoms with Crippen molar-refractivity contribution in [2.24, 2.45) is 0 Å². The molecule has 0 bridgehead atoms. The zero-order chi connectivity index (χ0) is 14.6. The Labute approximate surface area is 120 Å². The molecular weight excluding hydrogens is 352 g/mol. The van der Waals surface area contributed by atoms with Crippen LogP contribution in [0.5, 0.6) is 5.75 Å². The number of benzene rings is 1. The van der Waals surface area contributed by atoms with Gasteiger partial charge in [-0.15, -0.1) is 13.2 Å². The van der Waals surface area contributed by atoms with E-state index >= 15 is 0 Å². The average Bonchev–Trinajstić information content (AvgIpc) is 3.01. The molecule has 3 nitrogen and oxygen atoms in total. The molecule has 8 heteroatoms. The Morgan fingerprint density at radius 1 is 1.42 bits per heavy atom. The van der Waals surface area contributed by atoms with Crippen LogP contribution in [-0.4, -0.2) is 16.9 Å². The van der Waals surface area contributed by atoms with Crippen LogP contribution in [0.1, 0.15) is 24.3 Å². The van der Waals surface area contributed by atoms with Crippen LogP contribution < -0.4 is 4.74 Å². The summed E-state index contributed by atoms with van der Waals surface area (Å²) >= 11 is 7.26. The molecule has 0 spiro atoms. The maximum atomic E-state index is 11.9. The van der Waals surface area contributed by atoms with Gasteiger partial charge in [-0.05, 0) is 52.4 Å². The summed E-state index contributed by atoms with van der Waals surface area (Å²) in [7, 11) is 0. The van der Waals surface area contributed by atoms with Crippen molar-refractivity contribution in [3.05, 3.63) is 28.2 Å². The van der Waals surface area contributed by atoms with E-state index in [1.807, 2.05) is 0 Å². The molecule has 0 radical (unpaired) electrons. The van der Waals surface area contributed by atoms with Crippen molar-refractivity contribution in [2.75, 3.05) is 0 Å². The Bertz CT molecular complexity index is 457. The second-order valence-corrected chi connectivity index (χ2v) is 4.94. The van der Waals surface area contributed by atoms with E-state index in [9.17, 15) is 13.2 Å². The molecule has 106 valence electrons. The first-order valence-corrected chi connectivity index (χ1v) is 6.30. The summed E-state index contributed by atoms with van der Waals surface area (Å²) in [5.74, 6) is 0.327. The topological polar surface area (TPSA) is 46.5 Å². The minimum absolute atomic E-state index is 0.188. The molecule has 1 N–H and O–H groups in total. The largest absolute Gasteiger partial charge is 0.573 e. The number of carboxylic acid groups (broad SMARTS) is 1. The third-order valence-corrected chi connectivity index (χ3v) is 2.85. The van der Waals surface area contributed by atoms with Crippen LogP contribution >= 0.6 is 27.5 Å². The molecule has 1 aliphatic carbocycles. The van der Waals surface area contributed by atoms with Gasteiger partial charge in [-0.2, -0.15) is 0 Å². The van der Waals surface area contributed by atoms with Crippen molar-refractivity contribution in [3.8, 4) is 5.75 Å². The van der Waals surface area contributed by atoms with Gasteiger partial charge in [0.1, 0.15) is 5.75 Å². The van der Waals surface area contributed by atoms with E-state index in [4.69, 9.17) is 9.90 Å². The highest BCUT2D eigenvalue weighted by atomic mass is 79.9. The van der Waals surface area contributed by atoms with Crippen molar-refractivity contribution >= 4 is 33.0 Å². The van der Waals surface area contributed by atoms with E-state index in [2.05, 4.69) is 32.3 Å². The summed E-state index contributed by atoms with van der Waals surface area (Å²) < 4.78 is 40.0. The highest BCUT2D eigenvalue weighted by molar-refractivity contribution is 9.10. The normalized spacial score (nSPS) is 14.4. The first-order valence-electron chi connectivity index (χ1n) is 5.12. The summed E-state index contributed by atoms with van der Waals surface area (Å²) in [6, 6.07) is 4.73. The molecule has 1 fully saturated rings. The highest BCUT2D eigenvalue weighted by Crippen LogP contribution is 2.42. The molecule has 0 amide bonds. The van der Waals surface area contributed by atoms with Gasteiger partial charge in [-0.1, -0.05) is 6.07 Å². The molecule has 19 heavy (non-hydrogen) atoms. The molecular formula is C11H9BrClF3O3. The van der Waals surface area contributed by atoms with E-state index in [1.54, 1.807) is 12.1 Å². The number of hydrogen-bond acceptors (Lipinski definition) is 2. The van der Waals surface area contributed by atoms with Gasteiger partial charge >= 0.3 is 11.8 Å².